The Bertz CT molecular complexity index is 708. The van der Waals surface area contributed by atoms with Crippen molar-refractivity contribution in [1.82, 2.24) is 19.6 Å². The minimum atomic E-state index is -0.271. The van der Waals surface area contributed by atoms with E-state index in [0.29, 0.717) is 11.5 Å². The van der Waals surface area contributed by atoms with Crippen LogP contribution in [0.3, 0.4) is 0 Å². The molecule has 0 atom stereocenters. The Labute approximate surface area is 115 Å². The fourth-order valence-electron chi connectivity index (χ4n) is 2.66. The molecule has 1 aliphatic rings. The maximum absolute atomic E-state index is 11.6. The molecule has 0 bridgehead atoms. The summed E-state index contributed by atoms with van der Waals surface area (Å²) >= 11 is 0. The summed E-state index contributed by atoms with van der Waals surface area (Å²) in [5.41, 5.74) is 5.85. The quantitative estimate of drug-likeness (QED) is 0.522. The van der Waals surface area contributed by atoms with Crippen molar-refractivity contribution < 1.29 is 0 Å². The zero-order valence-corrected chi connectivity index (χ0v) is 11.3. The molecule has 0 radical (unpaired) electrons. The number of hydrogen-bond acceptors (Lipinski definition) is 5. The summed E-state index contributed by atoms with van der Waals surface area (Å²) in [5, 5.41) is 13.9. The van der Waals surface area contributed by atoms with Crippen molar-refractivity contribution in [3.8, 4) is 0 Å². The third-order valence-corrected chi connectivity index (χ3v) is 3.82. The molecule has 1 aliphatic heterocycles. The molecule has 0 aliphatic carbocycles. The number of nitrogens with zero attached hydrogens (tertiary/aromatic N) is 4. The van der Waals surface area contributed by atoms with Crippen molar-refractivity contribution in [3.05, 3.63) is 22.4 Å². The van der Waals surface area contributed by atoms with Gasteiger partial charge in [0.05, 0.1) is 5.84 Å². The number of rotatable bonds is 2. The van der Waals surface area contributed by atoms with E-state index in [1.165, 1.54) is 4.40 Å². The minimum absolute atomic E-state index is 0.170. The van der Waals surface area contributed by atoms with Crippen molar-refractivity contribution in [3.63, 3.8) is 0 Å². The number of nitrogens with two attached hydrogens (primary N) is 1. The summed E-state index contributed by atoms with van der Waals surface area (Å²) in [6, 6.07) is 1.80. The van der Waals surface area contributed by atoms with Crippen LogP contribution in [0.25, 0.3) is 5.65 Å². The van der Waals surface area contributed by atoms with Gasteiger partial charge in [0, 0.05) is 25.1 Å². The highest BCUT2D eigenvalue weighted by molar-refractivity contribution is 5.79. The molecule has 0 aromatic carbocycles. The number of anilines is 1. The van der Waals surface area contributed by atoms with Crippen molar-refractivity contribution >= 4 is 17.3 Å². The van der Waals surface area contributed by atoms with Crippen LogP contribution in [-0.4, -0.2) is 38.5 Å². The van der Waals surface area contributed by atoms with E-state index in [2.05, 4.69) is 20.1 Å². The normalized spacial score (nSPS) is 16.8. The van der Waals surface area contributed by atoms with Gasteiger partial charge < -0.3 is 10.6 Å². The van der Waals surface area contributed by atoms with E-state index in [1.807, 2.05) is 0 Å². The first-order valence-electron chi connectivity index (χ1n) is 6.60. The molecule has 0 saturated carbocycles. The Morgan fingerprint density at radius 1 is 1.50 bits per heavy atom. The lowest BCUT2D eigenvalue weighted by Crippen LogP contribution is -2.38. The molecule has 8 heteroatoms. The molecule has 0 unspecified atom stereocenters. The molecule has 106 valence electrons. The number of aromatic amines is 1. The van der Waals surface area contributed by atoms with Crippen LogP contribution >= 0.6 is 0 Å². The third kappa shape index (κ3) is 2.02. The molecule has 2 aromatic rings. The van der Waals surface area contributed by atoms with E-state index < -0.39 is 0 Å². The van der Waals surface area contributed by atoms with Gasteiger partial charge in [-0.3, -0.25) is 5.41 Å². The van der Waals surface area contributed by atoms with Crippen LogP contribution in [0.5, 0.6) is 0 Å². The highest BCUT2D eigenvalue weighted by atomic mass is 16.1. The third-order valence-electron chi connectivity index (χ3n) is 3.82. The van der Waals surface area contributed by atoms with Crippen LogP contribution in [0.15, 0.2) is 10.9 Å². The second kappa shape index (κ2) is 4.62. The van der Waals surface area contributed by atoms with Crippen LogP contribution in [0, 0.1) is 18.3 Å². The van der Waals surface area contributed by atoms with Crippen LogP contribution in [0.1, 0.15) is 18.7 Å². The molecule has 1 saturated heterocycles. The standard InChI is InChI=1S/C12H17N7O/c1-7-15-9(6-10-16-17-12(20)19(7)10)18-4-2-8(3-5-18)11(13)14/h6,8H,2-5H2,1H3,(H3,13,14)(H,17,20). The summed E-state index contributed by atoms with van der Waals surface area (Å²) < 4.78 is 1.45. The molecule has 3 heterocycles. The van der Waals surface area contributed by atoms with Crippen molar-refractivity contribution in [1.29, 1.82) is 5.41 Å². The fourth-order valence-corrected chi connectivity index (χ4v) is 2.66. The Hall–Kier alpha value is -2.38. The van der Waals surface area contributed by atoms with Gasteiger partial charge in [-0.15, -0.1) is 0 Å². The maximum Gasteiger partial charge on any atom is 0.349 e. The topological polar surface area (TPSA) is 116 Å². The molecule has 4 N–H and O–H groups in total. The number of H-pyrrole nitrogens is 1. The lowest BCUT2D eigenvalue weighted by molar-refractivity contribution is 0.495. The van der Waals surface area contributed by atoms with E-state index in [4.69, 9.17) is 11.1 Å². The number of amidine groups is 1. The van der Waals surface area contributed by atoms with Crippen LogP contribution < -0.4 is 16.3 Å². The predicted molar refractivity (Wildman–Crippen MR) is 75.2 cm³/mol. The largest absolute Gasteiger partial charge is 0.387 e. The number of piperidine rings is 1. The number of nitrogens with one attached hydrogen (secondary N) is 2. The maximum atomic E-state index is 11.6. The van der Waals surface area contributed by atoms with E-state index in [1.54, 1.807) is 13.0 Å². The number of aryl methyl sites for hydroxylation is 1. The van der Waals surface area contributed by atoms with Gasteiger partial charge in [0.25, 0.3) is 0 Å². The lowest BCUT2D eigenvalue weighted by Gasteiger charge is -2.32. The highest BCUT2D eigenvalue weighted by Crippen LogP contribution is 2.22. The van der Waals surface area contributed by atoms with Gasteiger partial charge >= 0.3 is 5.69 Å². The monoisotopic (exact) mass is 275 g/mol. The van der Waals surface area contributed by atoms with Crippen molar-refractivity contribution in [2.75, 3.05) is 18.0 Å². The fraction of sp³-hybridized carbons (Fsp3) is 0.500. The average molecular weight is 275 g/mol. The van der Waals surface area contributed by atoms with Gasteiger partial charge in [0.1, 0.15) is 11.6 Å². The molecular formula is C12H17N7O. The Balaban J connectivity index is 1.88. The minimum Gasteiger partial charge on any atom is -0.387 e. The highest BCUT2D eigenvalue weighted by Gasteiger charge is 2.22. The van der Waals surface area contributed by atoms with Crippen molar-refractivity contribution in [2.45, 2.75) is 19.8 Å². The summed E-state index contributed by atoms with van der Waals surface area (Å²) in [4.78, 5) is 18.2. The first kappa shape index (κ1) is 12.6. The summed E-state index contributed by atoms with van der Waals surface area (Å²) in [5.74, 6) is 1.87. The first-order chi connectivity index (χ1) is 9.56. The Morgan fingerprint density at radius 2 is 2.20 bits per heavy atom. The Morgan fingerprint density at radius 3 is 2.85 bits per heavy atom. The van der Waals surface area contributed by atoms with Gasteiger partial charge in [0.15, 0.2) is 5.65 Å². The molecule has 0 spiro atoms. The van der Waals surface area contributed by atoms with Gasteiger partial charge in [-0.2, -0.15) is 5.10 Å². The summed E-state index contributed by atoms with van der Waals surface area (Å²) in [6.07, 6.45) is 1.71. The smallest absolute Gasteiger partial charge is 0.349 e. The summed E-state index contributed by atoms with van der Waals surface area (Å²) in [7, 11) is 0. The van der Waals surface area contributed by atoms with E-state index >= 15 is 0 Å². The predicted octanol–water partition coefficient (Wildman–Crippen LogP) is -0.122. The molecular weight excluding hydrogens is 258 g/mol. The first-order valence-corrected chi connectivity index (χ1v) is 6.60. The molecule has 1 fully saturated rings. The molecule has 2 aromatic heterocycles. The molecule has 8 nitrogen and oxygen atoms in total. The van der Waals surface area contributed by atoms with E-state index in [0.717, 1.165) is 31.7 Å². The van der Waals surface area contributed by atoms with E-state index in [-0.39, 0.29) is 17.4 Å². The second-order valence-electron chi connectivity index (χ2n) is 5.10. The van der Waals surface area contributed by atoms with Gasteiger partial charge in [-0.1, -0.05) is 0 Å². The zero-order chi connectivity index (χ0) is 14.3. The van der Waals surface area contributed by atoms with Gasteiger partial charge in [-0.05, 0) is 19.8 Å². The lowest BCUT2D eigenvalue weighted by atomic mass is 9.96. The average Bonchev–Trinajstić information content (AvgIpc) is 2.81. The van der Waals surface area contributed by atoms with E-state index in [9.17, 15) is 4.79 Å². The van der Waals surface area contributed by atoms with Gasteiger partial charge in [-0.25, -0.2) is 19.3 Å². The molecule has 20 heavy (non-hydrogen) atoms. The zero-order valence-electron chi connectivity index (χ0n) is 11.3. The number of aromatic nitrogens is 4. The molecule has 0 amide bonds. The second-order valence-corrected chi connectivity index (χ2v) is 5.10. The van der Waals surface area contributed by atoms with Crippen LogP contribution in [0.4, 0.5) is 5.82 Å². The van der Waals surface area contributed by atoms with Crippen molar-refractivity contribution in [2.24, 2.45) is 11.7 Å². The summed E-state index contributed by atoms with van der Waals surface area (Å²) in [6.45, 7) is 3.40. The SMILES string of the molecule is Cc1nc(N2CCC(C(=N)N)CC2)cc2n[nH]c(=O)n12. The Kier molecular flexibility index (Phi) is 2.92. The number of fused-ring (bicyclic) bond motifs is 1. The van der Waals surface area contributed by atoms with Crippen LogP contribution in [-0.2, 0) is 0 Å². The van der Waals surface area contributed by atoms with Crippen LogP contribution in [0.2, 0.25) is 0 Å². The molecule has 3 rings (SSSR count). The van der Waals surface area contributed by atoms with Gasteiger partial charge in [0.2, 0.25) is 0 Å². The number of hydrogen-bond donors (Lipinski definition) is 3.